The number of hydrogen-bond donors (Lipinski definition) is 1. The molecule has 1 heterocycles. The smallest absolute Gasteiger partial charge is 0.0693 e. The van der Waals surface area contributed by atoms with Crippen LogP contribution in [0.1, 0.15) is 36.6 Å². The number of rotatable bonds is 3. The lowest BCUT2D eigenvalue weighted by Crippen LogP contribution is -2.06. The third-order valence-corrected chi connectivity index (χ3v) is 2.91. The van der Waals surface area contributed by atoms with Gasteiger partial charge in [-0.15, -0.1) is 0 Å². The number of nitrogens with zero attached hydrogens (tertiary/aromatic N) is 2. The fourth-order valence-corrected chi connectivity index (χ4v) is 1.84. The molecule has 2 aromatic rings. The van der Waals surface area contributed by atoms with E-state index in [9.17, 15) is 0 Å². The maximum atomic E-state index is 5.76. The van der Waals surface area contributed by atoms with E-state index in [1.165, 1.54) is 5.56 Å². The molecule has 3 nitrogen and oxygen atoms in total. The van der Waals surface area contributed by atoms with Gasteiger partial charge in [0.1, 0.15) is 0 Å². The van der Waals surface area contributed by atoms with Gasteiger partial charge < -0.3 is 5.73 Å². The van der Waals surface area contributed by atoms with E-state index in [0.29, 0.717) is 12.5 Å². The average molecular weight is 229 g/mol. The highest BCUT2D eigenvalue weighted by atomic mass is 15.3. The summed E-state index contributed by atoms with van der Waals surface area (Å²) in [6.07, 6.45) is 2.00. The van der Waals surface area contributed by atoms with Crippen LogP contribution in [0.15, 0.2) is 30.5 Å². The molecule has 90 valence electrons. The van der Waals surface area contributed by atoms with Crippen LogP contribution in [0.25, 0.3) is 5.69 Å². The Labute approximate surface area is 102 Å². The third-order valence-electron chi connectivity index (χ3n) is 2.91. The summed E-state index contributed by atoms with van der Waals surface area (Å²) in [5.41, 5.74) is 10.3. The molecule has 1 aromatic heterocycles. The first-order valence-electron chi connectivity index (χ1n) is 5.97. The van der Waals surface area contributed by atoms with E-state index >= 15 is 0 Å². The summed E-state index contributed by atoms with van der Waals surface area (Å²) >= 11 is 0. The van der Waals surface area contributed by atoms with Gasteiger partial charge in [-0.2, -0.15) is 5.10 Å². The lowest BCUT2D eigenvalue weighted by atomic mass is 10.1. The molecule has 0 atom stereocenters. The topological polar surface area (TPSA) is 43.8 Å². The van der Waals surface area contributed by atoms with Gasteiger partial charge in [-0.05, 0) is 36.1 Å². The maximum absolute atomic E-state index is 5.76. The van der Waals surface area contributed by atoms with E-state index in [4.69, 9.17) is 5.73 Å². The van der Waals surface area contributed by atoms with Crippen molar-refractivity contribution in [3.63, 3.8) is 0 Å². The summed E-state index contributed by atoms with van der Waals surface area (Å²) in [6.45, 7) is 6.91. The van der Waals surface area contributed by atoms with Crippen LogP contribution in [0.2, 0.25) is 0 Å². The van der Waals surface area contributed by atoms with E-state index in [0.717, 1.165) is 16.9 Å². The van der Waals surface area contributed by atoms with Gasteiger partial charge in [0.2, 0.25) is 0 Å². The zero-order valence-corrected chi connectivity index (χ0v) is 10.6. The molecule has 1 aromatic carbocycles. The number of benzene rings is 1. The van der Waals surface area contributed by atoms with Crippen molar-refractivity contribution in [2.24, 2.45) is 5.73 Å². The van der Waals surface area contributed by atoms with Crippen molar-refractivity contribution in [1.82, 2.24) is 9.78 Å². The van der Waals surface area contributed by atoms with Gasteiger partial charge in [-0.25, -0.2) is 4.68 Å². The summed E-state index contributed by atoms with van der Waals surface area (Å²) in [4.78, 5) is 0. The Morgan fingerprint density at radius 1 is 1.29 bits per heavy atom. The fourth-order valence-electron chi connectivity index (χ4n) is 1.84. The number of hydrogen-bond acceptors (Lipinski definition) is 2. The molecular weight excluding hydrogens is 210 g/mol. The zero-order chi connectivity index (χ0) is 12.4. The molecule has 3 heteroatoms. The molecule has 0 aliphatic heterocycles. The summed E-state index contributed by atoms with van der Waals surface area (Å²) in [7, 11) is 0. The quantitative estimate of drug-likeness (QED) is 0.879. The zero-order valence-electron chi connectivity index (χ0n) is 10.6. The Bertz CT molecular complexity index is 512. The van der Waals surface area contributed by atoms with Crippen LogP contribution in [0.4, 0.5) is 0 Å². The minimum atomic E-state index is 0.447. The highest BCUT2D eigenvalue weighted by Gasteiger charge is 2.08. The minimum absolute atomic E-state index is 0.447. The van der Waals surface area contributed by atoms with E-state index in [1.54, 1.807) is 0 Å². The van der Waals surface area contributed by atoms with Gasteiger partial charge in [0.05, 0.1) is 11.4 Å². The molecule has 0 fully saturated rings. The highest BCUT2D eigenvalue weighted by Crippen LogP contribution is 2.18. The molecule has 0 bridgehead atoms. The van der Waals surface area contributed by atoms with Crippen LogP contribution in [0, 0.1) is 6.92 Å². The predicted octanol–water partition coefficient (Wildman–Crippen LogP) is 2.76. The molecule has 2 rings (SSSR count). The highest BCUT2D eigenvalue weighted by molar-refractivity contribution is 5.43. The molecule has 0 saturated carbocycles. The van der Waals surface area contributed by atoms with Crippen molar-refractivity contribution in [2.45, 2.75) is 33.2 Å². The molecule has 0 saturated heterocycles. The van der Waals surface area contributed by atoms with E-state index in [-0.39, 0.29) is 0 Å². The van der Waals surface area contributed by atoms with Crippen molar-refractivity contribution < 1.29 is 0 Å². The first-order chi connectivity index (χ1) is 8.11. The van der Waals surface area contributed by atoms with Crippen molar-refractivity contribution in [1.29, 1.82) is 0 Å². The molecule has 0 radical (unpaired) electrons. The van der Waals surface area contributed by atoms with E-state index in [2.05, 4.69) is 50.1 Å². The Balaban J connectivity index is 2.47. The maximum Gasteiger partial charge on any atom is 0.0693 e. The van der Waals surface area contributed by atoms with E-state index < -0.39 is 0 Å². The minimum Gasteiger partial charge on any atom is -0.326 e. The molecule has 0 aliphatic carbocycles. The second-order valence-electron chi connectivity index (χ2n) is 4.68. The Morgan fingerprint density at radius 2 is 2.06 bits per heavy atom. The molecule has 0 aliphatic rings. The van der Waals surface area contributed by atoms with Crippen molar-refractivity contribution in [2.75, 3.05) is 0 Å². The van der Waals surface area contributed by atoms with Gasteiger partial charge in [-0.1, -0.05) is 26.0 Å². The predicted molar refractivity (Wildman–Crippen MR) is 70.3 cm³/mol. The summed E-state index contributed by atoms with van der Waals surface area (Å²) in [5.74, 6) is 0.447. The normalized spacial score (nSPS) is 11.1. The van der Waals surface area contributed by atoms with Gasteiger partial charge in [0, 0.05) is 12.7 Å². The standard InChI is InChI=1S/C14H19N3/c1-10(2)13-6-7-17(16-13)14-8-11(3)4-5-12(14)9-15/h4-8,10H,9,15H2,1-3H3. The van der Waals surface area contributed by atoms with Gasteiger partial charge in [0.15, 0.2) is 0 Å². The molecule has 0 amide bonds. The molecule has 0 unspecified atom stereocenters. The summed E-state index contributed by atoms with van der Waals surface area (Å²) in [6, 6.07) is 8.34. The second kappa shape index (κ2) is 4.72. The first kappa shape index (κ1) is 11.9. The summed E-state index contributed by atoms with van der Waals surface area (Å²) < 4.78 is 1.92. The first-order valence-corrected chi connectivity index (χ1v) is 5.97. The van der Waals surface area contributed by atoms with Crippen LogP contribution >= 0.6 is 0 Å². The van der Waals surface area contributed by atoms with Crippen LogP contribution in [0.5, 0.6) is 0 Å². The van der Waals surface area contributed by atoms with Gasteiger partial charge in [-0.3, -0.25) is 0 Å². The monoisotopic (exact) mass is 229 g/mol. The number of aromatic nitrogens is 2. The van der Waals surface area contributed by atoms with Gasteiger partial charge in [0.25, 0.3) is 0 Å². The second-order valence-corrected chi connectivity index (χ2v) is 4.68. The van der Waals surface area contributed by atoms with Crippen LogP contribution in [-0.4, -0.2) is 9.78 Å². The Hall–Kier alpha value is -1.61. The van der Waals surface area contributed by atoms with Crippen molar-refractivity contribution in [3.05, 3.63) is 47.3 Å². The molecule has 17 heavy (non-hydrogen) atoms. The van der Waals surface area contributed by atoms with E-state index in [1.807, 2.05) is 10.9 Å². The average Bonchev–Trinajstić information content (AvgIpc) is 2.78. The lowest BCUT2D eigenvalue weighted by Gasteiger charge is -2.09. The Morgan fingerprint density at radius 3 is 2.65 bits per heavy atom. The van der Waals surface area contributed by atoms with Gasteiger partial charge >= 0.3 is 0 Å². The lowest BCUT2D eigenvalue weighted by molar-refractivity contribution is 0.763. The van der Waals surface area contributed by atoms with Crippen LogP contribution < -0.4 is 5.73 Å². The largest absolute Gasteiger partial charge is 0.326 e. The number of aryl methyl sites for hydroxylation is 1. The van der Waals surface area contributed by atoms with Crippen LogP contribution in [0.3, 0.4) is 0 Å². The van der Waals surface area contributed by atoms with Crippen LogP contribution in [-0.2, 0) is 6.54 Å². The molecule has 0 spiro atoms. The fraction of sp³-hybridized carbons (Fsp3) is 0.357. The molecular formula is C14H19N3. The molecule has 2 N–H and O–H groups in total. The SMILES string of the molecule is Cc1ccc(CN)c(-n2ccc(C(C)C)n2)c1. The third kappa shape index (κ3) is 2.39. The number of nitrogens with two attached hydrogens (primary N) is 1. The van der Waals surface area contributed by atoms with Crippen molar-refractivity contribution >= 4 is 0 Å². The summed E-state index contributed by atoms with van der Waals surface area (Å²) in [5, 5.41) is 4.59. The van der Waals surface area contributed by atoms with Crippen molar-refractivity contribution in [3.8, 4) is 5.69 Å². The Kier molecular flexibility index (Phi) is 3.29.